The molecule has 0 aromatic heterocycles. The third-order valence-electron chi connectivity index (χ3n) is 4.72. The van der Waals surface area contributed by atoms with Crippen LogP contribution in [-0.4, -0.2) is 18.0 Å². The predicted octanol–water partition coefficient (Wildman–Crippen LogP) is 5.66. The molecule has 3 aromatic rings. The van der Waals surface area contributed by atoms with Crippen LogP contribution in [0, 0.1) is 6.92 Å². The molecule has 0 unspecified atom stereocenters. The third kappa shape index (κ3) is 3.16. The highest BCUT2D eigenvalue weighted by atomic mass is 15.1. The first-order valence-corrected chi connectivity index (χ1v) is 8.53. The molecule has 3 aromatic carbocycles. The number of rotatable bonds is 5. The van der Waals surface area contributed by atoms with Crippen molar-refractivity contribution in [2.24, 2.45) is 0 Å². The second kappa shape index (κ2) is 6.97. The Kier molecular flexibility index (Phi) is 4.78. The van der Waals surface area contributed by atoms with Crippen molar-refractivity contribution in [3.63, 3.8) is 0 Å². The molecule has 0 spiro atoms. The molecule has 0 atom stereocenters. The van der Waals surface area contributed by atoms with Crippen LogP contribution in [0.3, 0.4) is 0 Å². The zero-order chi connectivity index (χ0) is 16.2. The Morgan fingerprint density at radius 2 is 1.48 bits per heavy atom. The lowest BCUT2D eigenvalue weighted by molar-refractivity contribution is 0.296. The number of benzene rings is 3. The van der Waals surface area contributed by atoms with Crippen LogP contribution in [0.25, 0.3) is 21.9 Å². The van der Waals surface area contributed by atoms with Crippen LogP contribution in [0.15, 0.2) is 60.7 Å². The van der Waals surface area contributed by atoms with E-state index in [4.69, 9.17) is 0 Å². The Morgan fingerprint density at radius 3 is 2.17 bits per heavy atom. The summed E-state index contributed by atoms with van der Waals surface area (Å²) >= 11 is 0. The SMILES string of the molecule is CCN(CC)Cc1c(C)cc2ccccc2c1-c1ccccc1. The summed E-state index contributed by atoms with van der Waals surface area (Å²) in [6, 6.07) is 21.9. The summed E-state index contributed by atoms with van der Waals surface area (Å²) in [5.41, 5.74) is 5.55. The van der Waals surface area contributed by atoms with E-state index in [0.29, 0.717) is 0 Å². The molecule has 0 N–H and O–H groups in total. The Hall–Kier alpha value is -2.12. The molecule has 0 radical (unpaired) electrons. The third-order valence-corrected chi connectivity index (χ3v) is 4.72. The minimum absolute atomic E-state index is 1.01. The molecule has 118 valence electrons. The van der Waals surface area contributed by atoms with Crippen molar-refractivity contribution in [3.05, 3.63) is 71.8 Å². The summed E-state index contributed by atoms with van der Waals surface area (Å²) in [5.74, 6) is 0. The van der Waals surface area contributed by atoms with Crippen LogP contribution >= 0.6 is 0 Å². The number of hydrogen-bond acceptors (Lipinski definition) is 1. The monoisotopic (exact) mass is 303 g/mol. The molecule has 0 aliphatic carbocycles. The summed E-state index contributed by atoms with van der Waals surface area (Å²) in [6.45, 7) is 9.89. The Labute approximate surface area is 139 Å². The van der Waals surface area contributed by atoms with E-state index in [9.17, 15) is 0 Å². The first kappa shape index (κ1) is 15.8. The van der Waals surface area contributed by atoms with Gasteiger partial charge in [-0.15, -0.1) is 0 Å². The van der Waals surface area contributed by atoms with Gasteiger partial charge in [0.05, 0.1) is 0 Å². The van der Waals surface area contributed by atoms with Gasteiger partial charge in [0.1, 0.15) is 0 Å². The predicted molar refractivity (Wildman–Crippen MR) is 101 cm³/mol. The van der Waals surface area contributed by atoms with Crippen LogP contribution in [0.2, 0.25) is 0 Å². The van der Waals surface area contributed by atoms with Crippen molar-refractivity contribution >= 4 is 10.8 Å². The zero-order valence-electron chi connectivity index (χ0n) is 14.3. The fraction of sp³-hybridized carbons (Fsp3) is 0.273. The summed E-state index contributed by atoms with van der Waals surface area (Å²) in [7, 11) is 0. The molecule has 0 amide bonds. The van der Waals surface area contributed by atoms with E-state index in [0.717, 1.165) is 19.6 Å². The number of nitrogens with zero attached hydrogens (tertiary/aromatic N) is 1. The highest BCUT2D eigenvalue weighted by Crippen LogP contribution is 2.35. The van der Waals surface area contributed by atoms with E-state index in [-0.39, 0.29) is 0 Å². The summed E-state index contributed by atoms with van der Waals surface area (Å²) in [4.78, 5) is 2.49. The average Bonchev–Trinajstić information content (AvgIpc) is 2.60. The molecular weight excluding hydrogens is 278 g/mol. The van der Waals surface area contributed by atoms with Crippen molar-refractivity contribution in [2.45, 2.75) is 27.3 Å². The van der Waals surface area contributed by atoms with Crippen LogP contribution in [0.5, 0.6) is 0 Å². The molecule has 0 saturated carbocycles. The molecule has 1 heteroatoms. The molecule has 0 aliphatic heterocycles. The molecule has 23 heavy (non-hydrogen) atoms. The van der Waals surface area contributed by atoms with E-state index in [2.05, 4.69) is 86.3 Å². The molecule has 0 aliphatic rings. The van der Waals surface area contributed by atoms with Gasteiger partial charge in [0.15, 0.2) is 0 Å². The van der Waals surface area contributed by atoms with Gasteiger partial charge >= 0.3 is 0 Å². The molecule has 3 rings (SSSR count). The maximum Gasteiger partial charge on any atom is 0.0242 e. The van der Waals surface area contributed by atoms with E-state index in [1.807, 2.05) is 0 Å². The first-order valence-electron chi connectivity index (χ1n) is 8.53. The van der Waals surface area contributed by atoms with Gasteiger partial charge in [0.25, 0.3) is 0 Å². The summed E-state index contributed by atoms with van der Waals surface area (Å²) in [5, 5.41) is 2.68. The van der Waals surface area contributed by atoms with Gasteiger partial charge in [-0.3, -0.25) is 4.90 Å². The van der Waals surface area contributed by atoms with Crippen LogP contribution in [0.4, 0.5) is 0 Å². The maximum absolute atomic E-state index is 2.49. The van der Waals surface area contributed by atoms with Gasteiger partial charge in [0.2, 0.25) is 0 Å². The second-order valence-electron chi connectivity index (χ2n) is 6.10. The smallest absolute Gasteiger partial charge is 0.0242 e. The number of aryl methyl sites for hydroxylation is 1. The number of fused-ring (bicyclic) bond motifs is 1. The molecular formula is C22H25N. The van der Waals surface area contributed by atoms with Crippen molar-refractivity contribution in [2.75, 3.05) is 13.1 Å². The lowest BCUT2D eigenvalue weighted by Crippen LogP contribution is -2.23. The number of hydrogen-bond donors (Lipinski definition) is 0. The van der Waals surface area contributed by atoms with E-state index < -0.39 is 0 Å². The minimum Gasteiger partial charge on any atom is -0.300 e. The summed E-state index contributed by atoms with van der Waals surface area (Å²) < 4.78 is 0. The normalized spacial score (nSPS) is 11.3. The van der Waals surface area contributed by atoms with Gasteiger partial charge in [-0.2, -0.15) is 0 Å². The maximum atomic E-state index is 2.49. The topological polar surface area (TPSA) is 3.24 Å². The van der Waals surface area contributed by atoms with Crippen LogP contribution in [-0.2, 0) is 6.54 Å². The Balaban J connectivity index is 2.27. The highest BCUT2D eigenvalue weighted by molar-refractivity contribution is 5.99. The fourth-order valence-electron chi connectivity index (χ4n) is 3.34. The lowest BCUT2D eigenvalue weighted by atomic mass is 9.90. The average molecular weight is 303 g/mol. The zero-order valence-corrected chi connectivity index (χ0v) is 14.3. The quantitative estimate of drug-likeness (QED) is 0.588. The summed E-state index contributed by atoms with van der Waals surface area (Å²) in [6.07, 6.45) is 0. The van der Waals surface area contributed by atoms with E-state index >= 15 is 0 Å². The van der Waals surface area contributed by atoms with Gasteiger partial charge in [-0.05, 0) is 53.0 Å². The van der Waals surface area contributed by atoms with Gasteiger partial charge < -0.3 is 0 Å². The van der Waals surface area contributed by atoms with Crippen molar-refractivity contribution in [3.8, 4) is 11.1 Å². The fourth-order valence-corrected chi connectivity index (χ4v) is 3.34. The molecule has 1 nitrogen and oxygen atoms in total. The van der Waals surface area contributed by atoms with Gasteiger partial charge in [-0.1, -0.05) is 74.5 Å². The largest absolute Gasteiger partial charge is 0.300 e. The van der Waals surface area contributed by atoms with E-state index in [1.165, 1.54) is 33.0 Å². The van der Waals surface area contributed by atoms with Crippen molar-refractivity contribution in [1.82, 2.24) is 4.90 Å². The Morgan fingerprint density at radius 1 is 0.826 bits per heavy atom. The van der Waals surface area contributed by atoms with E-state index in [1.54, 1.807) is 0 Å². The second-order valence-corrected chi connectivity index (χ2v) is 6.10. The first-order chi connectivity index (χ1) is 11.2. The van der Waals surface area contributed by atoms with Crippen molar-refractivity contribution < 1.29 is 0 Å². The minimum atomic E-state index is 1.01. The molecule has 0 saturated heterocycles. The standard InChI is InChI=1S/C22H25N/c1-4-23(5-2)16-21-17(3)15-19-13-9-10-14-20(19)22(21)18-11-7-6-8-12-18/h6-15H,4-5,16H2,1-3H3. The highest BCUT2D eigenvalue weighted by Gasteiger charge is 2.14. The Bertz CT molecular complexity index is 786. The molecule has 0 heterocycles. The molecule has 0 bridgehead atoms. The molecule has 0 fully saturated rings. The van der Waals surface area contributed by atoms with Crippen molar-refractivity contribution in [1.29, 1.82) is 0 Å². The van der Waals surface area contributed by atoms with Gasteiger partial charge in [-0.25, -0.2) is 0 Å². The van der Waals surface area contributed by atoms with Crippen LogP contribution < -0.4 is 0 Å². The van der Waals surface area contributed by atoms with Crippen LogP contribution in [0.1, 0.15) is 25.0 Å². The van der Waals surface area contributed by atoms with Gasteiger partial charge in [0, 0.05) is 6.54 Å². The lowest BCUT2D eigenvalue weighted by Gasteiger charge is -2.23.